The Morgan fingerprint density at radius 2 is 1.96 bits per heavy atom. The van der Waals surface area contributed by atoms with Crippen LogP contribution in [0.2, 0.25) is 5.02 Å². The van der Waals surface area contributed by atoms with E-state index in [0.29, 0.717) is 15.7 Å². The van der Waals surface area contributed by atoms with Crippen LogP contribution >= 0.6 is 35.2 Å². The molecule has 2 aromatic carbocycles. The van der Waals surface area contributed by atoms with Crippen molar-refractivity contribution in [1.82, 2.24) is 10.3 Å². The molecule has 3 aromatic rings. The van der Waals surface area contributed by atoms with Gasteiger partial charge >= 0.3 is 0 Å². The van der Waals surface area contributed by atoms with Crippen LogP contribution in [0, 0.1) is 13.8 Å². The van der Waals surface area contributed by atoms with Crippen LogP contribution in [0.25, 0.3) is 10.2 Å². The van der Waals surface area contributed by atoms with Crippen LogP contribution in [-0.4, -0.2) is 16.0 Å². The Balaban J connectivity index is 1.73. The van der Waals surface area contributed by atoms with Crippen molar-refractivity contribution >= 4 is 61.5 Å². The van der Waals surface area contributed by atoms with Gasteiger partial charge in [-0.2, -0.15) is 0 Å². The van der Waals surface area contributed by atoms with Crippen molar-refractivity contribution in [2.75, 3.05) is 5.32 Å². The molecule has 3 rings (SSSR count). The lowest BCUT2D eigenvalue weighted by Gasteiger charge is -2.08. The first-order chi connectivity index (χ1) is 11.4. The Labute approximate surface area is 153 Å². The van der Waals surface area contributed by atoms with E-state index in [2.05, 4.69) is 15.6 Å². The number of hydrogen-bond donors (Lipinski definition) is 2. The monoisotopic (exact) mass is 375 g/mol. The molecule has 122 valence electrons. The van der Waals surface area contributed by atoms with Crippen molar-refractivity contribution in [3.05, 3.63) is 58.1 Å². The standard InChI is InChI=1S/C17H14ClN3OS2/c1-9-5-3-4-6-11(9)15(22)20-16(23)21-17-19-13-8-12(18)10(2)7-14(13)24-17/h3-8H,1-2H3,(H2,19,20,21,22,23). The molecule has 0 saturated heterocycles. The van der Waals surface area contributed by atoms with Crippen LogP contribution < -0.4 is 10.6 Å². The average molecular weight is 376 g/mol. The quantitative estimate of drug-likeness (QED) is 0.638. The highest BCUT2D eigenvalue weighted by Gasteiger charge is 2.12. The first-order valence-electron chi connectivity index (χ1n) is 7.18. The summed E-state index contributed by atoms with van der Waals surface area (Å²) in [6.07, 6.45) is 0. The highest BCUT2D eigenvalue weighted by atomic mass is 35.5. The Morgan fingerprint density at radius 1 is 1.21 bits per heavy atom. The Bertz CT molecular complexity index is 913. The highest BCUT2D eigenvalue weighted by molar-refractivity contribution is 7.80. The molecule has 0 radical (unpaired) electrons. The molecule has 4 nitrogen and oxygen atoms in total. The largest absolute Gasteiger partial charge is 0.308 e. The summed E-state index contributed by atoms with van der Waals surface area (Å²) in [4.78, 5) is 16.7. The molecule has 24 heavy (non-hydrogen) atoms. The molecule has 1 aromatic heterocycles. The predicted molar refractivity (Wildman–Crippen MR) is 104 cm³/mol. The number of carbonyl (C=O) groups excluding carboxylic acids is 1. The lowest BCUT2D eigenvalue weighted by atomic mass is 10.1. The number of nitrogens with one attached hydrogen (secondary N) is 2. The third-order valence-electron chi connectivity index (χ3n) is 3.51. The zero-order valence-corrected chi connectivity index (χ0v) is 15.4. The zero-order valence-electron chi connectivity index (χ0n) is 13.0. The normalized spacial score (nSPS) is 10.6. The Hall–Kier alpha value is -2.02. The van der Waals surface area contributed by atoms with Gasteiger partial charge in [0.05, 0.1) is 10.2 Å². The van der Waals surface area contributed by atoms with Crippen molar-refractivity contribution in [2.45, 2.75) is 13.8 Å². The van der Waals surface area contributed by atoms with Crippen LogP contribution in [0.15, 0.2) is 36.4 Å². The molecule has 1 heterocycles. The third kappa shape index (κ3) is 3.56. The third-order valence-corrected chi connectivity index (χ3v) is 5.05. The molecule has 0 saturated carbocycles. The minimum absolute atomic E-state index is 0.213. The Kier molecular flexibility index (Phi) is 4.80. The maximum absolute atomic E-state index is 12.3. The number of amides is 1. The number of anilines is 1. The van der Waals surface area contributed by atoms with E-state index < -0.39 is 0 Å². The first kappa shape index (κ1) is 16.8. The maximum atomic E-state index is 12.3. The van der Waals surface area contributed by atoms with Crippen molar-refractivity contribution in [3.8, 4) is 0 Å². The zero-order chi connectivity index (χ0) is 17.3. The summed E-state index contributed by atoms with van der Waals surface area (Å²) in [7, 11) is 0. The molecule has 0 atom stereocenters. The summed E-state index contributed by atoms with van der Waals surface area (Å²) < 4.78 is 1.01. The number of benzene rings is 2. The topological polar surface area (TPSA) is 54.0 Å². The van der Waals surface area contributed by atoms with Crippen LogP contribution in [0.1, 0.15) is 21.5 Å². The summed E-state index contributed by atoms with van der Waals surface area (Å²) in [5.41, 5.74) is 3.28. The molecular weight excluding hydrogens is 362 g/mol. The fourth-order valence-electron chi connectivity index (χ4n) is 2.23. The second-order valence-electron chi connectivity index (χ2n) is 5.31. The van der Waals surface area contributed by atoms with E-state index in [1.165, 1.54) is 11.3 Å². The molecule has 7 heteroatoms. The van der Waals surface area contributed by atoms with Gasteiger partial charge < -0.3 is 5.32 Å². The van der Waals surface area contributed by atoms with Crippen molar-refractivity contribution in [2.24, 2.45) is 0 Å². The minimum Gasteiger partial charge on any atom is -0.308 e. The van der Waals surface area contributed by atoms with E-state index in [1.807, 2.05) is 44.2 Å². The number of fused-ring (bicyclic) bond motifs is 1. The number of rotatable bonds is 2. The van der Waals surface area contributed by atoms with E-state index in [1.54, 1.807) is 6.07 Å². The number of hydrogen-bond acceptors (Lipinski definition) is 4. The number of thiazole rings is 1. The molecule has 1 amide bonds. The van der Waals surface area contributed by atoms with Crippen LogP contribution in [0.3, 0.4) is 0 Å². The SMILES string of the molecule is Cc1cc2sc(NC(=S)NC(=O)c3ccccc3C)nc2cc1Cl. The summed E-state index contributed by atoms with van der Waals surface area (Å²) in [5.74, 6) is -0.245. The second-order valence-corrected chi connectivity index (χ2v) is 7.16. The average Bonchev–Trinajstić information content (AvgIpc) is 2.88. The molecule has 0 aliphatic heterocycles. The van der Waals surface area contributed by atoms with E-state index in [4.69, 9.17) is 23.8 Å². The Morgan fingerprint density at radius 3 is 2.71 bits per heavy atom. The van der Waals surface area contributed by atoms with E-state index in [-0.39, 0.29) is 11.0 Å². The van der Waals surface area contributed by atoms with Gasteiger partial charge in [-0.05, 0) is 55.4 Å². The molecule has 0 bridgehead atoms. The van der Waals surface area contributed by atoms with Crippen LogP contribution in [0.5, 0.6) is 0 Å². The fraction of sp³-hybridized carbons (Fsp3) is 0.118. The molecule has 0 aliphatic carbocycles. The van der Waals surface area contributed by atoms with E-state index >= 15 is 0 Å². The fourth-order valence-corrected chi connectivity index (χ4v) is 3.59. The van der Waals surface area contributed by atoms with Crippen molar-refractivity contribution in [3.63, 3.8) is 0 Å². The summed E-state index contributed by atoms with van der Waals surface area (Å²) >= 11 is 12.8. The molecule has 0 aliphatic rings. The molecular formula is C17H14ClN3OS2. The number of nitrogens with zero attached hydrogens (tertiary/aromatic N) is 1. The number of carbonyl (C=O) groups is 1. The maximum Gasteiger partial charge on any atom is 0.257 e. The van der Waals surface area contributed by atoms with Gasteiger partial charge in [-0.1, -0.05) is 41.1 Å². The summed E-state index contributed by atoms with van der Waals surface area (Å²) in [5, 5.41) is 7.13. The summed E-state index contributed by atoms with van der Waals surface area (Å²) in [6, 6.07) is 11.1. The molecule has 2 N–H and O–H groups in total. The van der Waals surface area contributed by atoms with Crippen molar-refractivity contribution in [1.29, 1.82) is 0 Å². The first-order valence-corrected chi connectivity index (χ1v) is 8.79. The lowest BCUT2D eigenvalue weighted by molar-refractivity contribution is 0.0977. The van der Waals surface area contributed by atoms with Gasteiger partial charge in [0.25, 0.3) is 5.91 Å². The molecule has 0 unspecified atom stereocenters. The summed E-state index contributed by atoms with van der Waals surface area (Å²) in [6.45, 7) is 3.83. The van der Waals surface area contributed by atoms with Crippen LogP contribution in [-0.2, 0) is 0 Å². The minimum atomic E-state index is -0.245. The number of aryl methyl sites for hydroxylation is 2. The van der Waals surface area contributed by atoms with Gasteiger partial charge in [0.15, 0.2) is 10.2 Å². The van der Waals surface area contributed by atoms with Crippen molar-refractivity contribution < 1.29 is 4.79 Å². The number of halogens is 1. The molecule has 0 spiro atoms. The van der Waals surface area contributed by atoms with Gasteiger partial charge in [0.1, 0.15) is 0 Å². The highest BCUT2D eigenvalue weighted by Crippen LogP contribution is 2.30. The van der Waals surface area contributed by atoms with E-state index in [9.17, 15) is 4.79 Å². The lowest BCUT2D eigenvalue weighted by Crippen LogP contribution is -2.34. The van der Waals surface area contributed by atoms with Gasteiger partial charge in [0, 0.05) is 10.6 Å². The number of aromatic nitrogens is 1. The molecule has 0 fully saturated rings. The van der Waals surface area contributed by atoms with Crippen LogP contribution in [0.4, 0.5) is 5.13 Å². The second kappa shape index (κ2) is 6.84. The van der Waals surface area contributed by atoms with Gasteiger partial charge in [-0.25, -0.2) is 4.98 Å². The van der Waals surface area contributed by atoms with Gasteiger partial charge in [-0.3, -0.25) is 10.1 Å². The predicted octanol–water partition coefficient (Wildman–Crippen LogP) is 4.69. The van der Waals surface area contributed by atoms with Gasteiger partial charge in [0.2, 0.25) is 0 Å². The number of thiocarbonyl (C=S) groups is 1. The van der Waals surface area contributed by atoms with Gasteiger partial charge in [-0.15, -0.1) is 0 Å². The smallest absolute Gasteiger partial charge is 0.257 e. The van der Waals surface area contributed by atoms with E-state index in [0.717, 1.165) is 21.3 Å².